The highest BCUT2D eigenvalue weighted by Crippen LogP contribution is 2.25. The Bertz CT molecular complexity index is 604. The fraction of sp³-hybridized carbons (Fsp3) is 0.286. The molecule has 0 aliphatic rings. The van der Waals surface area contributed by atoms with Crippen LogP contribution in [0.2, 0.25) is 0 Å². The van der Waals surface area contributed by atoms with Gasteiger partial charge in [-0.1, -0.05) is 6.92 Å². The molecule has 2 N–H and O–H groups in total. The highest BCUT2D eigenvalue weighted by molar-refractivity contribution is 9.10. The number of rotatable bonds is 5. The van der Waals surface area contributed by atoms with Crippen LogP contribution in [-0.4, -0.2) is 16.5 Å². The summed E-state index contributed by atoms with van der Waals surface area (Å²) in [6.45, 7) is 4.87. The van der Waals surface area contributed by atoms with Crippen molar-refractivity contribution in [3.05, 3.63) is 40.4 Å². The minimum absolute atomic E-state index is 0.314. The molecule has 0 atom stereocenters. The Kier molecular flexibility index (Phi) is 4.89. The fourth-order valence-electron chi connectivity index (χ4n) is 1.71. The van der Waals surface area contributed by atoms with Crippen molar-refractivity contribution < 1.29 is 4.39 Å². The van der Waals surface area contributed by atoms with Gasteiger partial charge in [-0.2, -0.15) is 0 Å². The topological polar surface area (TPSA) is 49.8 Å². The summed E-state index contributed by atoms with van der Waals surface area (Å²) in [5.41, 5.74) is 1.55. The van der Waals surface area contributed by atoms with Crippen molar-refractivity contribution in [2.45, 2.75) is 20.3 Å². The SMILES string of the molecule is CCCNc1ncnc(Nc2ccc(Br)c(F)c2)c1C. The molecule has 0 fully saturated rings. The molecule has 2 rings (SSSR count). The predicted octanol–water partition coefficient (Wildman–Crippen LogP) is 4.25. The van der Waals surface area contributed by atoms with Crippen LogP contribution in [0.1, 0.15) is 18.9 Å². The molecule has 106 valence electrons. The Labute approximate surface area is 126 Å². The second-order valence-corrected chi connectivity index (χ2v) is 5.23. The maximum atomic E-state index is 13.5. The first-order valence-electron chi connectivity index (χ1n) is 6.39. The molecular weight excluding hydrogens is 323 g/mol. The Morgan fingerprint density at radius 2 is 2.00 bits per heavy atom. The third-order valence-electron chi connectivity index (χ3n) is 2.81. The highest BCUT2D eigenvalue weighted by atomic mass is 79.9. The van der Waals surface area contributed by atoms with Gasteiger partial charge in [0.25, 0.3) is 0 Å². The second-order valence-electron chi connectivity index (χ2n) is 4.38. The van der Waals surface area contributed by atoms with E-state index in [1.807, 2.05) is 6.92 Å². The molecule has 0 unspecified atom stereocenters. The van der Waals surface area contributed by atoms with E-state index >= 15 is 0 Å². The van der Waals surface area contributed by atoms with E-state index in [1.165, 1.54) is 12.4 Å². The van der Waals surface area contributed by atoms with Crippen LogP contribution in [-0.2, 0) is 0 Å². The van der Waals surface area contributed by atoms with E-state index in [9.17, 15) is 4.39 Å². The van der Waals surface area contributed by atoms with Crippen molar-refractivity contribution in [1.82, 2.24) is 9.97 Å². The van der Waals surface area contributed by atoms with E-state index in [1.54, 1.807) is 12.1 Å². The van der Waals surface area contributed by atoms with Crippen LogP contribution >= 0.6 is 15.9 Å². The largest absolute Gasteiger partial charge is 0.370 e. The summed E-state index contributed by atoms with van der Waals surface area (Å²) in [5.74, 6) is 1.15. The van der Waals surface area contributed by atoms with Crippen molar-refractivity contribution >= 4 is 33.3 Å². The molecule has 2 aromatic rings. The molecule has 1 heterocycles. The predicted molar refractivity (Wildman–Crippen MR) is 82.9 cm³/mol. The smallest absolute Gasteiger partial charge is 0.139 e. The first kappa shape index (κ1) is 14.7. The molecule has 0 amide bonds. The minimum atomic E-state index is -0.314. The van der Waals surface area contributed by atoms with Gasteiger partial charge in [0.2, 0.25) is 0 Å². The Hall–Kier alpha value is -1.69. The van der Waals surface area contributed by atoms with Crippen LogP contribution in [0.25, 0.3) is 0 Å². The number of anilines is 3. The summed E-state index contributed by atoms with van der Waals surface area (Å²) in [4.78, 5) is 8.40. The van der Waals surface area contributed by atoms with E-state index in [2.05, 4.69) is 43.5 Å². The molecule has 1 aromatic heterocycles. The Morgan fingerprint density at radius 3 is 2.70 bits per heavy atom. The number of nitrogens with one attached hydrogen (secondary N) is 2. The zero-order valence-electron chi connectivity index (χ0n) is 11.4. The summed E-state index contributed by atoms with van der Waals surface area (Å²) >= 11 is 3.13. The molecule has 0 spiro atoms. The molecule has 0 radical (unpaired) electrons. The molecule has 4 nitrogen and oxygen atoms in total. The van der Waals surface area contributed by atoms with Gasteiger partial charge in [-0.3, -0.25) is 0 Å². The summed E-state index contributed by atoms with van der Waals surface area (Å²) in [6, 6.07) is 4.86. The van der Waals surface area contributed by atoms with Crippen LogP contribution in [0.5, 0.6) is 0 Å². The van der Waals surface area contributed by atoms with Crippen molar-refractivity contribution in [3.63, 3.8) is 0 Å². The number of hydrogen-bond acceptors (Lipinski definition) is 4. The summed E-state index contributed by atoms with van der Waals surface area (Å²) in [7, 11) is 0. The second kappa shape index (κ2) is 6.65. The van der Waals surface area contributed by atoms with Crippen molar-refractivity contribution in [3.8, 4) is 0 Å². The van der Waals surface area contributed by atoms with E-state index in [4.69, 9.17) is 0 Å². The van der Waals surface area contributed by atoms with E-state index in [-0.39, 0.29) is 5.82 Å². The van der Waals surface area contributed by atoms with Crippen molar-refractivity contribution in [2.24, 2.45) is 0 Å². The maximum absolute atomic E-state index is 13.5. The molecule has 6 heteroatoms. The normalized spacial score (nSPS) is 10.4. The van der Waals surface area contributed by atoms with Gasteiger partial charge in [-0.15, -0.1) is 0 Å². The van der Waals surface area contributed by atoms with Gasteiger partial charge in [0.05, 0.1) is 4.47 Å². The van der Waals surface area contributed by atoms with Gasteiger partial charge in [-0.05, 0) is 47.5 Å². The van der Waals surface area contributed by atoms with E-state index in [0.717, 1.165) is 24.3 Å². The lowest BCUT2D eigenvalue weighted by Crippen LogP contribution is -2.07. The highest BCUT2D eigenvalue weighted by Gasteiger charge is 2.08. The molecule has 0 bridgehead atoms. The van der Waals surface area contributed by atoms with Gasteiger partial charge in [-0.25, -0.2) is 14.4 Å². The van der Waals surface area contributed by atoms with Gasteiger partial charge in [0, 0.05) is 17.8 Å². The third kappa shape index (κ3) is 3.45. The number of benzene rings is 1. The first-order valence-corrected chi connectivity index (χ1v) is 7.18. The number of nitrogens with zero attached hydrogens (tertiary/aromatic N) is 2. The maximum Gasteiger partial charge on any atom is 0.139 e. The molecule has 20 heavy (non-hydrogen) atoms. The lowest BCUT2D eigenvalue weighted by Gasteiger charge is -2.12. The summed E-state index contributed by atoms with van der Waals surface area (Å²) in [6.07, 6.45) is 2.51. The van der Waals surface area contributed by atoms with Gasteiger partial charge < -0.3 is 10.6 Å². The zero-order chi connectivity index (χ0) is 14.5. The lowest BCUT2D eigenvalue weighted by atomic mass is 10.2. The number of aromatic nitrogens is 2. The van der Waals surface area contributed by atoms with Crippen LogP contribution in [0, 0.1) is 12.7 Å². The number of hydrogen-bond donors (Lipinski definition) is 2. The lowest BCUT2D eigenvalue weighted by molar-refractivity contribution is 0.622. The first-order chi connectivity index (χ1) is 9.61. The average molecular weight is 339 g/mol. The molecule has 0 saturated carbocycles. The average Bonchev–Trinajstić information content (AvgIpc) is 2.44. The third-order valence-corrected chi connectivity index (χ3v) is 3.45. The molecular formula is C14H16BrFN4. The van der Waals surface area contributed by atoms with Crippen LogP contribution in [0.15, 0.2) is 29.0 Å². The van der Waals surface area contributed by atoms with Gasteiger partial charge in [0.1, 0.15) is 23.8 Å². The van der Waals surface area contributed by atoms with Gasteiger partial charge in [0.15, 0.2) is 0 Å². The molecule has 0 aliphatic heterocycles. The van der Waals surface area contributed by atoms with Crippen LogP contribution in [0.3, 0.4) is 0 Å². The molecule has 1 aromatic carbocycles. The van der Waals surface area contributed by atoms with Crippen molar-refractivity contribution in [2.75, 3.05) is 17.2 Å². The monoisotopic (exact) mass is 338 g/mol. The zero-order valence-corrected chi connectivity index (χ0v) is 13.0. The Morgan fingerprint density at radius 1 is 1.25 bits per heavy atom. The van der Waals surface area contributed by atoms with Crippen molar-refractivity contribution in [1.29, 1.82) is 0 Å². The minimum Gasteiger partial charge on any atom is -0.370 e. The molecule has 0 saturated heterocycles. The molecule has 0 aliphatic carbocycles. The summed E-state index contributed by atoms with van der Waals surface area (Å²) in [5, 5.41) is 6.34. The quantitative estimate of drug-likeness (QED) is 0.855. The summed E-state index contributed by atoms with van der Waals surface area (Å²) < 4.78 is 13.9. The van der Waals surface area contributed by atoms with Crippen LogP contribution < -0.4 is 10.6 Å². The van der Waals surface area contributed by atoms with Crippen LogP contribution in [0.4, 0.5) is 21.7 Å². The van der Waals surface area contributed by atoms with E-state index < -0.39 is 0 Å². The fourth-order valence-corrected chi connectivity index (χ4v) is 1.96. The van der Waals surface area contributed by atoms with Gasteiger partial charge >= 0.3 is 0 Å². The standard InChI is InChI=1S/C14H16BrFN4/c1-3-6-17-13-9(2)14(19-8-18-13)20-10-4-5-11(15)12(16)7-10/h4-5,7-8H,3,6H2,1-2H3,(H2,17,18,19,20). The number of halogens is 2. The Balaban J connectivity index is 2.22. The van der Waals surface area contributed by atoms with E-state index in [0.29, 0.717) is 16.0 Å².